The van der Waals surface area contributed by atoms with E-state index in [-0.39, 0.29) is 17.5 Å². The Morgan fingerprint density at radius 2 is 1.85 bits per heavy atom. The highest BCUT2D eigenvalue weighted by Gasteiger charge is 2.27. The molecule has 1 aliphatic rings. The number of nitrogens with zero attached hydrogens (tertiary/aromatic N) is 2. The van der Waals surface area contributed by atoms with Gasteiger partial charge in [0.05, 0.1) is 0 Å². The van der Waals surface area contributed by atoms with Gasteiger partial charge in [-0.15, -0.1) is 0 Å². The maximum atomic E-state index is 14.0. The van der Waals surface area contributed by atoms with Gasteiger partial charge in [-0.3, -0.25) is 14.5 Å². The van der Waals surface area contributed by atoms with Crippen molar-refractivity contribution in [2.24, 2.45) is 0 Å². The Bertz CT molecular complexity index is 865. The van der Waals surface area contributed by atoms with Crippen LogP contribution in [0.3, 0.4) is 0 Å². The Morgan fingerprint density at radius 3 is 2.41 bits per heavy atom. The van der Waals surface area contributed by atoms with Crippen molar-refractivity contribution in [1.29, 1.82) is 0 Å². The van der Waals surface area contributed by atoms with E-state index in [4.69, 9.17) is 11.6 Å². The third-order valence-electron chi connectivity index (χ3n) is 5.11. The molecule has 0 radical (unpaired) electrons. The molecule has 0 saturated carbocycles. The molecule has 7 heteroatoms. The summed E-state index contributed by atoms with van der Waals surface area (Å²) in [4.78, 5) is 31.6. The van der Waals surface area contributed by atoms with E-state index < -0.39 is 0 Å². The zero-order valence-corrected chi connectivity index (χ0v) is 16.5. The number of nitrogens with one attached hydrogen (secondary N) is 1. The van der Waals surface area contributed by atoms with Gasteiger partial charge in [0.15, 0.2) is 5.78 Å². The van der Waals surface area contributed by atoms with Crippen LogP contribution in [0.2, 0.25) is 5.02 Å². The number of Topliss-reactive ketones (excluding diaryl/α,β-unsaturated/α-hetero) is 1. The Labute approximate surface area is 163 Å². The van der Waals surface area contributed by atoms with Crippen LogP contribution in [0.1, 0.15) is 44.6 Å². The van der Waals surface area contributed by atoms with E-state index in [0.29, 0.717) is 60.1 Å². The summed E-state index contributed by atoms with van der Waals surface area (Å²) >= 11 is 6.11. The zero-order chi connectivity index (χ0) is 19.7. The molecule has 1 saturated heterocycles. The predicted octanol–water partition coefficient (Wildman–Crippen LogP) is 3.58. The second-order valence-electron chi connectivity index (χ2n) is 6.95. The van der Waals surface area contributed by atoms with Gasteiger partial charge in [-0.1, -0.05) is 17.7 Å². The molecule has 27 heavy (non-hydrogen) atoms. The maximum absolute atomic E-state index is 14.0. The van der Waals surface area contributed by atoms with Crippen molar-refractivity contribution in [2.45, 2.75) is 27.3 Å². The molecule has 1 amide bonds. The molecule has 0 aliphatic carbocycles. The summed E-state index contributed by atoms with van der Waals surface area (Å²) < 4.78 is 14.0. The fraction of sp³-hybridized carbons (Fsp3) is 0.400. The smallest absolute Gasteiger partial charge is 0.270 e. The van der Waals surface area contributed by atoms with Gasteiger partial charge < -0.3 is 9.88 Å². The number of aryl methyl sites for hydroxylation is 1. The minimum Gasteiger partial charge on any atom is -0.354 e. The molecule has 0 bridgehead atoms. The third-order valence-corrected chi connectivity index (χ3v) is 5.46. The fourth-order valence-electron chi connectivity index (χ4n) is 3.67. The maximum Gasteiger partial charge on any atom is 0.270 e. The van der Waals surface area contributed by atoms with Crippen LogP contribution in [0, 0.1) is 19.7 Å². The van der Waals surface area contributed by atoms with Crippen LogP contribution in [0.15, 0.2) is 18.2 Å². The van der Waals surface area contributed by atoms with E-state index in [1.807, 2.05) is 0 Å². The fourth-order valence-corrected chi connectivity index (χ4v) is 3.89. The summed E-state index contributed by atoms with van der Waals surface area (Å²) in [6.45, 7) is 7.87. The first-order valence-electron chi connectivity index (χ1n) is 8.94. The number of H-pyrrole nitrogens is 1. The highest BCUT2D eigenvalue weighted by molar-refractivity contribution is 6.31. The largest absolute Gasteiger partial charge is 0.354 e. The van der Waals surface area contributed by atoms with Gasteiger partial charge in [0.1, 0.15) is 11.5 Å². The first-order chi connectivity index (χ1) is 12.8. The molecule has 1 aromatic carbocycles. The zero-order valence-electron chi connectivity index (χ0n) is 15.7. The molecular formula is C20H23ClFN3O2. The molecule has 5 nitrogen and oxygen atoms in total. The third kappa shape index (κ3) is 3.92. The topological polar surface area (TPSA) is 56.4 Å². The van der Waals surface area contributed by atoms with Crippen molar-refractivity contribution in [3.05, 3.63) is 57.1 Å². The van der Waals surface area contributed by atoms with Gasteiger partial charge in [-0.05, 0) is 38.5 Å². The monoisotopic (exact) mass is 391 g/mol. The molecule has 0 spiro atoms. The van der Waals surface area contributed by atoms with Crippen molar-refractivity contribution in [2.75, 3.05) is 26.2 Å². The van der Waals surface area contributed by atoms with Crippen LogP contribution >= 0.6 is 11.6 Å². The van der Waals surface area contributed by atoms with Crippen molar-refractivity contribution < 1.29 is 14.0 Å². The van der Waals surface area contributed by atoms with E-state index in [1.54, 1.807) is 30.9 Å². The molecule has 0 unspecified atom stereocenters. The summed E-state index contributed by atoms with van der Waals surface area (Å²) in [7, 11) is 0. The molecule has 1 N–H and O–H groups in total. The SMILES string of the molecule is CC(=O)c1c(C)[nH]c(C(=O)N2CCN(Cc3c(F)cccc3Cl)CC2)c1C. The molecule has 1 aromatic heterocycles. The first kappa shape index (κ1) is 19.6. The van der Waals surface area contributed by atoms with E-state index in [1.165, 1.54) is 13.0 Å². The van der Waals surface area contributed by atoms with Gasteiger partial charge in [0.25, 0.3) is 5.91 Å². The van der Waals surface area contributed by atoms with Crippen LogP contribution in [-0.4, -0.2) is 52.7 Å². The number of aromatic nitrogens is 1. The van der Waals surface area contributed by atoms with Crippen LogP contribution in [0.25, 0.3) is 0 Å². The highest BCUT2D eigenvalue weighted by atomic mass is 35.5. The van der Waals surface area contributed by atoms with Gasteiger partial charge in [-0.2, -0.15) is 0 Å². The van der Waals surface area contributed by atoms with Crippen molar-refractivity contribution in [1.82, 2.24) is 14.8 Å². The second-order valence-corrected chi connectivity index (χ2v) is 7.36. The first-order valence-corrected chi connectivity index (χ1v) is 9.32. The number of piperazine rings is 1. The van der Waals surface area contributed by atoms with E-state index in [9.17, 15) is 14.0 Å². The lowest BCUT2D eigenvalue weighted by Gasteiger charge is -2.34. The summed E-state index contributed by atoms with van der Waals surface area (Å²) in [6.07, 6.45) is 0. The van der Waals surface area contributed by atoms with E-state index in [0.717, 1.165) is 5.69 Å². The number of carbonyl (C=O) groups excluding carboxylic acids is 2. The number of rotatable bonds is 4. The number of benzene rings is 1. The van der Waals surface area contributed by atoms with Gasteiger partial charge in [0, 0.05) is 54.6 Å². The van der Waals surface area contributed by atoms with Crippen LogP contribution < -0.4 is 0 Å². The van der Waals surface area contributed by atoms with E-state index in [2.05, 4.69) is 9.88 Å². The molecular weight excluding hydrogens is 369 g/mol. The average molecular weight is 392 g/mol. The Kier molecular flexibility index (Phi) is 5.67. The van der Waals surface area contributed by atoms with Gasteiger partial charge in [-0.25, -0.2) is 4.39 Å². The average Bonchev–Trinajstić information content (AvgIpc) is 2.92. The Morgan fingerprint density at radius 1 is 1.19 bits per heavy atom. The lowest BCUT2D eigenvalue weighted by molar-refractivity contribution is 0.0621. The number of ketones is 1. The minimum atomic E-state index is -0.310. The number of hydrogen-bond donors (Lipinski definition) is 1. The quantitative estimate of drug-likeness (QED) is 0.810. The normalized spacial score (nSPS) is 15.2. The van der Waals surface area contributed by atoms with Crippen molar-refractivity contribution in [3.63, 3.8) is 0 Å². The predicted molar refractivity (Wildman–Crippen MR) is 103 cm³/mol. The molecule has 2 aromatic rings. The Balaban J connectivity index is 1.67. The standard InChI is InChI=1S/C20H23ClFN3O2/c1-12-18(14(3)26)13(2)23-19(12)20(27)25-9-7-24(8-10-25)11-15-16(21)5-4-6-17(15)22/h4-6,23H,7-11H2,1-3H3. The number of aromatic amines is 1. The molecule has 0 atom stereocenters. The molecule has 3 rings (SSSR count). The number of hydrogen-bond acceptors (Lipinski definition) is 3. The van der Waals surface area contributed by atoms with Gasteiger partial charge in [0.2, 0.25) is 0 Å². The lowest BCUT2D eigenvalue weighted by atomic mass is 10.1. The summed E-state index contributed by atoms with van der Waals surface area (Å²) in [6, 6.07) is 4.68. The number of amides is 1. The number of halogens is 2. The highest BCUT2D eigenvalue weighted by Crippen LogP contribution is 2.23. The summed E-state index contributed by atoms with van der Waals surface area (Å²) in [5.74, 6) is -0.464. The molecule has 1 aliphatic heterocycles. The Hall–Kier alpha value is -2.18. The molecule has 1 fully saturated rings. The van der Waals surface area contributed by atoms with Crippen LogP contribution in [0.5, 0.6) is 0 Å². The van der Waals surface area contributed by atoms with E-state index >= 15 is 0 Å². The molecule has 2 heterocycles. The van der Waals surface area contributed by atoms with Crippen LogP contribution in [-0.2, 0) is 6.54 Å². The minimum absolute atomic E-state index is 0.0492. The molecule has 144 valence electrons. The summed E-state index contributed by atoms with van der Waals surface area (Å²) in [5, 5.41) is 0.419. The van der Waals surface area contributed by atoms with Gasteiger partial charge >= 0.3 is 0 Å². The van der Waals surface area contributed by atoms with Crippen LogP contribution in [0.4, 0.5) is 4.39 Å². The summed E-state index contributed by atoms with van der Waals surface area (Å²) in [5.41, 5.74) is 2.97. The van der Waals surface area contributed by atoms with Crippen molar-refractivity contribution >= 4 is 23.3 Å². The second kappa shape index (κ2) is 7.82. The van der Waals surface area contributed by atoms with Crippen molar-refractivity contribution in [3.8, 4) is 0 Å². The number of carbonyl (C=O) groups is 2. The lowest BCUT2D eigenvalue weighted by Crippen LogP contribution is -2.48.